The average molecular weight is 345 g/mol. The van der Waals surface area contributed by atoms with Crippen LogP contribution in [0.2, 0.25) is 0 Å². The highest BCUT2D eigenvalue weighted by atomic mass is 32.1. The number of aliphatic imine (C=N–C) groups is 1. The van der Waals surface area contributed by atoms with E-state index in [1.54, 1.807) is 19.2 Å². The van der Waals surface area contributed by atoms with E-state index < -0.39 is 11.6 Å². The van der Waals surface area contributed by atoms with Gasteiger partial charge in [-0.3, -0.25) is 0 Å². The van der Waals surface area contributed by atoms with Gasteiger partial charge in [-0.2, -0.15) is 4.37 Å². The Balaban J connectivity index is 1.97. The summed E-state index contributed by atoms with van der Waals surface area (Å²) < 4.78 is 22.8. The lowest BCUT2D eigenvalue weighted by atomic mass is 10.2. The number of aromatic hydroxyl groups is 1. The number of phenols is 1. The summed E-state index contributed by atoms with van der Waals surface area (Å²) in [6, 6.07) is 5.81. The van der Waals surface area contributed by atoms with E-state index in [4.69, 9.17) is 4.74 Å². The van der Waals surface area contributed by atoms with Gasteiger partial charge in [-0.05, 0) is 30.6 Å². The molecule has 0 saturated carbocycles. The Morgan fingerprint density at radius 2 is 2.21 bits per heavy atom. The lowest BCUT2D eigenvalue weighted by Crippen LogP contribution is -1.84. The summed E-state index contributed by atoms with van der Waals surface area (Å²) in [5.41, 5.74) is 0.965. The number of azo groups is 1. The summed E-state index contributed by atoms with van der Waals surface area (Å²) in [6.45, 7) is 2.24. The zero-order valence-electron chi connectivity index (χ0n) is 12.5. The van der Waals surface area contributed by atoms with Crippen molar-refractivity contribution in [2.45, 2.75) is 6.92 Å². The van der Waals surface area contributed by atoms with Crippen LogP contribution in [0, 0.1) is 5.82 Å². The molecule has 7 nitrogen and oxygen atoms in total. The lowest BCUT2D eigenvalue weighted by Gasteiger charge is -2.02. The number of phenolic OH excluding ortho intramolecular Hbond substituents is 1. The first-order valence-electron chi connectivity index (χ1n) is 6.98. The third-order valence-corrected chi connectivity index (χ3v) is 3.70. The molecule has 0 saturated heterocycles. The molecule has 0 aliphatic carbocycles. The fraction of sp³-hybridized carbons (Fsp3) is 0.133. The third-order valence-electron chi connectivity index (χ3n) is 2.96. The summed E-state index contributed by atoms with van der Waals surface area (Å²) in [5.74, 6) is -1.33. The van der Waals surface area contributed by atoms with Crippen molar-refractivity contribution in [2.24, 2.45) is 15.2 Å². The summed E-state index contributed by atoms with van der Waals surface area (Å²) >= 11 is 1.14. The number of ether oxygens (including phenoxy) is 1. The Bertz CT molecular complexity index is 925. The smallest absolute Gasteiger partial charge is 0.175 e. The van der Waals surface area contributed by atoms with E-state index in [0.717, 1.165) is 29.1 Å². The molecule has 0 radical (unpaired) electrons. The molecule has 3 rings (SSSR count). The van der Waals surface area contributed by atoms with Gasteiger partial charge in [0.05, 0.1) is 17.7 Å². The van der Waals surface area contributed by atoms with E-state index >= 15 is 0 Å². The van der Waals surface area contributed by atoms with Gasteiger partial charge in [-0.15, -0.1) is 10.2 Å². The average Bonchev–Trinajstić information content (AvgIpc) is 3.00. The highest BCUT2D eigenvalue weighted by molar-refractivity contribution is 7.11. The second-order valence-corrected chi connectivity index (χ2v) is 5.30. The third kappa shape index (κ3) is 3.35. The molecule has 122 valence electrons. The molecule has 0 fully saturated rings. The maximum Gasteiger partial charge on any atom is 0.175 e. The van der Waals surface area contributed by atoms with Crippen molar-refractivity contribution in [2.75, 3.05) is 6.61 Å². The molecule has 0 spiro atoms. The van der Waals surface area contributed by atoms with Gasteiger partial charge in [-0.25, -0.2) is 14.4 Å². The first-order chi connectivity index (χ1) is 11.7. The number of nitrogens with zero attached hydrogens (tertiary/aromatic N) is 5. The van der Waals surface area contributed by atoms with Crippen molar-refractivity contribution in [3.8, 4) is 5.75 Å². The van der Waals surface area contributed by atoms with Crippen molar-refractivity contribution >= 4 is 45.3 Å². The molecule has 24 heavy (non-hydrogen) atoms. The van der Waals surface area contributed by atoms with E-state index in [1.807, 2.05) is 6.07 Å². The minimum absolute atomic E-state index is 0.159. The first-order valence-corrected chi connectivity index (χ1v) is 7.75. The predicted molar refractivity (Wildman–Crippen MR) is 89.4 cm³/mol. The summed E-state index contributed by atoms with van der Waals surface area (Å²) in [7, 11) is 0. The number of pyridine rings is 1. The largest absolute Gasteiger partial charge is 0.505 e. The molecular formula is C15H12FN5O2S. The van der Waals surface area contributed by atoms with Gasteiger partial charge in [0.2, 0.25) is 0 Å². The Morgan fingerprint density at radius 1 is 1.33 bits per heavy atom. The Morgan fingerprint density at radius 3 is 3.04 bits per heavy atom. The summed E-state index contributed by atoms with van der Waals surface area (Å²) in [5, 5.41) is 18.9. The van der Waals surface area contributed by atoms with E-state index in [9.17, 15) is 9.50 Å². The van der Waals surface area contributed by atoms with Crippen LogP contribution < -0.4 is 0 Å². The molecule has 2 heterocycles. The number of benzene rings is 1. The molecule has 2 aromatic heterocycles. The van der Waals surface area contributed by atoms with Crippen molar-refractivity contribution in [3.05, 3.63) is 36.3 Å². The number of aromatic nitrogens is 2. The number of hydrogen-bond acceptors (Lipinski definition) is 8. The summed E-state index contributed by atoms with van der Waals surface area (Å²) in [6.07, 6.45) is 2.84. The summed E-state index contributed by atoms with van der Waals surface area (Å²) in [4.78, 5) is 8.12. The van der Waals surface area contributed by atoms with E-state index in [0.29, 0.717) is 17.3 Å². The highest BCUT2D eigenvalue weighted by Gasteiger charge is 2.10. The predicted octanol–water partition coefficient (Wildman–Crippen LogP) is 4.65. The monoisotopic (exact) mass is 345 g/mol. The fourth-order valence-electron chi connectivity index (χ4n) is 1.84. The van der Waals surface area contributed by atoms with Crippen LogP contribution in [0.4, 0.5) is 20.8 Å². The molecule has 0 aliphatic rings. The molecule has 0 unspecified atom stereocenters. The quantitative estimate of drug-likeness (QED) is 0.414. The zero-order valence-corrected chi connectivity index (χ0v) is 13.4. The van der Waals surface area contributed by atoms with Gasteiger partial charge in [0.25, 0.3) is 0 Å². The topological polar surface area (TPSA) is 92.3 Å². The van der Waals surface area contributed by atoms with Crippen molar-refractivity contribution in [3.63, 3.8) is 0 Å². The number of hydrogen-bond donors (Lipinski definition) is 1. The second kappa shape index (κ2) is 7.09. The minimum Gasteiger partial charge on any atom is -0.505 e. The van der Waals surface area contributed by atoms with Crippen LogP contribution in [0.5, 0.6) is 5.75 Å². The maximum atomic E-state index is 13.6. The van der Waals surface area contributed by atoms with Gasteiger partial charge >= 0.3 is 0 Å². The van der Waals surface area contributed by atoms with Gasteiger partial charge in [0.15, 0.2) is 28.6 Å². The lowest BCUT2D eigenvalue weighted by molar-refractivity contribution is 0.344. The number of halogens is 1. The van der Waals surface area contributed by atoms with Gasteiger partial charge < -0.3 is 9.84 Å². The normalized spacial score (nSPS) is 11.8. The Labute approximate surface area is 140 Å². The van der Waals surface area contributed by atoms with Crippen LogP contribution in [0.1, 0.15) is 6.92 Å². The molecule has 1 N–H and O–H groups in total. The zero-order chi connectivity index (χ0) is 16.9. The first kappa shape index (κ1) is 15.9. The fourth-order valence-corrected chi connectivity index (χ4v) is 2.49. The van der Waals surface area contributed by atoms with Crippen LogP contribution in [-0.4, -0.2) is 27.5 Å². The van der Waals surface area contributed by atoms with Gasteiger partial charge in [0.1, 0.15) is 5.69 Å². The molecule has 0 aliphatic heterocycles. The second-order valence-electron chi connectivity index (χ2n) is 4.54. The molecule has 9 heteroatoms. The molecule has 0 atom stereocenters. The van der Waals surface area contributed by atoms with E-state index in [1.165, 1.54) is 6.40 Å². The minimum atomic E-state index is -0.810. The molecule has 0 amide bonds. The Hall–Kier alpha value is -2.94. The van der Waals surface area contributed by atoms with Crippen molar-refractivity contribution < 1.29 is 14.2 Å². The number of rotatable bonds is 5. The molecule has 3 aromatic rings. The van der Waals surface area contributed by atoms with Gasteiger partial charge in [0, 0.05) is 18.3 Å². The standard InChI is InChI=1S/C15H12FN5O2S/c1-2-23-8-18-11-7-13(22)10(16)6-12(11)19-20-15-9-4-3-5-17-14(9)21-24-15/h3-8,22H,2H2,1H3/b18-8+,20-19+. The van der Waals surface area contributed by atoms with E-state index in [2.05, 4.69) is 24.6 Å². The van der Waals surface area contributed by atoms with Crippen molar-refractivity contribution in [1.29, 1.82) is 0 Å². The Kier molecular flexibility index (Phi) is 4.71. The molecule has 1 aromatic carbocycles. The van der Waals surface area contributed by atoms with Crippen LogP contribution in [0.3, 0.4) is 0 Å². The van der Waals surface area contributed by atoms with Crippen LogP contribution >= 0.6 is 11.5 Å². The number of fused-ring (bicyclic) bond motifs is 1. The molecule has 0 bridgehead atoms. The molecular weight excluding hydrogens is 333 g/mol. The van der Waals surface area contributed by atoms with E-state index in [-0.39, 0.29) is 11.4 Å². The van der Waals surface area contributed by atoms with Crippen LogP contribution in [-0.2, 0) is 4.74 Å². The SMILES string of the molecule is CCO/C=N/c1cc(O)c(F)cc1/N=N/c1snc2ncccc12. The highest BCUT2D eigenvalue weighted by Crippen LogP contribution is 2.36. The maximum absolute atomic E-state index is 13.6. The van der Waals surface area contributed by atoms with Crippen molar-refractivity contribution in [1.82, 2.24) is 9.36 Å². The van der Waals surface area contributed by atoms with Gasteiger partial charge in [-0.1, -0.05) is 0 Å². The van der Waals surface area contributed by atoms with Crippen LogP contribution in [0.25, 0.3) is 11.0 Å². The van der Waals surface area contributed by atoms with Crippen LogP contribution in [0.15, 0.2) is 45.7 Å².